The summed E-state index contributed by atoms with van der Waals surface area (Å²) in [7, 11) is 0. The summed E-state index contributed by atoms with van der Waals surface area (Å²) >= 11 is 5.97. The first kappa shape index (κ1) is 24.0. The number of amides is 2. The van der Waals surface area contributed by atoms with Crippen molar-refractivity contribution in [1.29, 1.82) is 0 Å². The minimum atomic E-state index is -0.697. The van der Waals surface area contributed by atoms with Crippen LogP contribution >= 0.6 is 11.6 Å². The third-order valence-corrected chi connectivity index (χ3v) is 5.77. The lowest BCUT2D eigenvalue weighted by Crippen LogP contribution is -2.30. The number of hydrogen-bond donors (Lipinski definition) is 3. The Morgan fingerprint density at radius 3 is 2.54 bits per heavy atom. The van der Waals surface area contributed by atoms with Gasteiger partial charge in [-0.3, -0.25) is 9.59 Å². The maximum atomic E-state index is 12.6. The van der Waals surface area contributed by atoms with Crippen molar-refractivity contribution in [3.63, 3.8) is 0 Å². The number of para-hydroxylation sites is 1. The molecule has 0 aliphatic heterocycles. The zero-order valence-corrected chi connectivity index (χ0v) is 20.3. The molecule has 3 N–H and O–H groups in total. The Balaban J connectivity index is 1.35. The summed E-state index contributed by atoms with van der Waals surface area (Å²) in [5.41, 5.74) is 6.94. The molecule has 8 heteroatoms. The number of aromatic nitrogens is 1. The van der Waals surface area contributed by atoms with E-state index >= 15 is 0 Å². The van der Waals surface area contributed by atoms with E-state index in [1.807, 2.05) is 43.3 Å². The monoisotopic (exact) mass is 488 g/mol. The van der Waals surface area contributed by atoms with Crippen LogP contribution in [-0.2, 0) is 4.79 Å². The molecule has 178 valence electrons. The van der Waals surface area contributed by atoms with Crippen LogP contribution in [0, 0.1) is 6.92 Å². The number of carbonyl (C=O) groups excluding carboxylic acids is 2. The van der Waals surface area contributed by atoms with Gasteiger partial charge in [0, 0.05) is 27.8 Å². The Kier molecular flexibility index (Phi) is 7.17. The van der Waals surface area contributed by atoms with Gasteiger partial charge in [-0.05, 0) is 68.3 Å². The topological polar surface area (TPSA) is 95.6 Å². The predicted octanol–water partition coefficient (Wildman–Crippen LogP) is 5.69. The normalized spacial score (nSPS) is 12.3. The van der Waals surface area contributed by atoms with Crippen molar-refractivity contribution >= 4 is 45.7 Å². The lowest BCUT2D eigenvalue weighted by Gasteiger charge is -2.16. The Morgan fingerprint density at radius 2 is 1.80 bits per heavy atom. The lowest BCUT2D eigenvalue weighted by atomic mass is 10.1. The van der Waals surface area contributed by atoms with Crippen molar-refractivity contribution in [2.24, 2.45) is 5.10 Å². The highest BCUT2D eigenvalue weighted by Crippen LogP contribution is 2.23. The Labute approximate surface area is 208 Å². The highest BCUT2D eigenvalue weighted by Gasteiger charge is 2.16. The number of hydrazone groups is 1. The van der Waals surface area contributed by atoms with E-state index < -0.39 is 6.10 Å². The number of anilines is 1. The zero-order chi connectivity index (χ0) is 24.9. The predicted molar refractivity (Wildman–Crippen MR) is 139 cm³/mol. The molecule has 0 radical (unpaired) electrons. The molecule has 0 aliphatic rings. The largest absolute Gasteiger partial charge is 0.481 e. The molecule has 0 saturated heterocycles. The number of nitrogens with zero attached hydrogens (tertiary/aromatic N) is 1. The standard InChI is InChI=1S/C27H25ClN4O3/c1-16-14-20(28)10-13-25(16)35-18(3)26(33)30-21-11-8-19(9-12-21)17(2)31-32-27(34)23-15-29-24-7-5-4-6-22(23)24/h4-15,18,29H,1-3H3,(H,30,33)(H,32,34)/b31-17-/t18-/m1/s1. The SMILES string of the molecule is C/C(=N/NC(=O)c1c[nH]c2ccccc12)c1ccc(NC(=O)[C@@H](C)Oc2ccc(Cl)cc2C)cc1. The first-order valence-electron chi connectivity index (χ1n) is 11.1. The number of halogens is 1. The fourth-order valence-electron chi connectivity index (χ4n) is 3.55. The molecule has 0 spiro atoms. The van der Waals surface area contributed by atoms with Gasteiger partial charge >= 0.3 is 0 Å². The van der Waals surface area contributed by atoms with Gasteiger partial charge in [0.05, 0.1) is 11.3 Å². The number of fused-ring (bicyclic) bond motifs is 1. The van der Waals surface area contributed by atoms with Crippen LogP contribution in [0.4, 0.5) is 5.69 Å². The number of aromatic amines is 1. The molecular formula is C27H25ClN4O3. The second-order valence-corrected chi connectivity index (χ2v) is 8.56. The van der Waals surface area contributed by atoms with Crippen LogP contribution in [0.15, 0.2) is 78.0 Å². The van der Waals surface area contributed by atoms with Gasteiger partial charge in [0.2, 0.25) is 0 Å². The van der Waals surface area contributed by atoms with Gasteiger partial charge in [-0.25, -0.2) is 5.43 Å². The smallest absolute Gasteiger partial charge is 0.273 e. The molecule has 0 aliphatic carbocycles. The Bertz CT molecular complexity index is 1410. The number of hydrogen-bond acceptors (Lipinski definition) is 4. The number of nitrogens with one attached hydrogen (secondary N) is 3. The van der Waals surface area contributed by atoms with Crippen molar-refractivity contribution in [3.05, 3.63) is 94.6 Å². The van der Waals surface area contributed by atoms with Gasteiger partial charge in [-0.15, -0.1) is 0 Å². The van der Waals surface area contributed by atoms with Crippen LogP contribution in [0.3, 0.4) is 0 Å². The average molecular weight is 489 g/mol. The molecule has 1 heterocycles. The van der Waals surface area contributed by atoms with Crippen molar-refractivity contribution in [3.8, 4) is 5.75 Å². The molecule has 35 heavy (non-hydrogen) atoms. The van der Waals surface area contributed by atoms with Crippen LogP contribution in [0.2, 0.25) is 5.02 Å². The summed E-state index contributed by atoms with van der Waals surface area (Å²) in [6, 6.07) is 20.0. The highest BCUT2D eigenvalue weighted by atomic mass is 35.5. The Hall–Kier alpha value is -4.10. The van der Waals surface area contributed by atoms with Crippen LogP contribution in [-0.4, -0.2) is 28.6 Å². The van der Waals surface area contributed by atoms with Gasteiger partial charge in [0.1, 0.15) is 5.75 Å². The van der Waals surface area contributed by atoms with E-state index in [2.05, 4.69) is 20.8 Å². The second kappa shape index (κ2) is 10.4. The van der Waals surface area contributed by atoms with E-state index in [1.54, 1.807) is 50.4 Å². The number of benzene rings is 3. The Morgan fingerprint density at radius 1 is 1.06 bits per heavy atom. The lowest BCUT2D eigenvalue weighted by molar-refractivity contribution is -0.122. The van der Waals surface area contributed by atoms with Crippen molar-refractivity contribution in [2.75, 3.05) is 5.32 Å². The summed E-state index contributed by atoms with van der Waals surface area (Å²) < 4.78 is 5.78. The van der Waals surface area contributed by atoms with Gasteiger partial charge in [0.25, 0.3) is 11.8 Å². The molecule has 4 rings (SSSR count). The maximum absolute atomic E-state index is 12.6. The summed E-state index contributed by atoms with van der Waals surface area (Å²) in [5.74, 6) is 0.0352. The molecule has 0 fully saturated rings. The summed E-state index contributed by atoms with van der Waals surface area (Å²) in [6.07, 6.45) is 0.971. The quantitative estimate of drug-likeness (QED) is 0.230. The summed E-state index contributed by atoms with van der Waals surface area (Å²) in [5, 5.41) is 8.52. The van der Waals surface area contributed by atoms with Crippen molar-refractivity contribution in [1.82, 2.24) is 10.4 Å². The van der Waals surface area contributed by atoms with Gasteiger partial charge in [-0.1, -0.05) is 41.9 Å². The first-order valence-corrected chi connectivity index (χ1v) is 11.4. The molecule has 1 atom stereocenters. The third-order valence-electron chi connectivity index (χ3n) is 5.54. The van der Waals surface area contributed by atoms with E-state index in [-0.39, 0.29) is 11.8 Å². The maximum Gasteiger partial charge on any atom is 0.273 e. The molecule has 3 aromatic carbocycles. The molecule has 0 saturated carbocycles. The van der Waals surface area contributed by atoms with Gasteiger partial charge in [0.15, 0.2) is 6.10 Å². The molecular weight excluding hydrogens is 464 g/mol. The van der Waals surface area contributed by atoms with E-state index in [1.165, 1.54) is 0 Å². The minimum Gasteiger partial charge on any atom is -0.481 e. The zero-order valence-electron chi connectivity index (χ0n) is 19.6. The minimum absolute atomic E-state index is 0.275. The van der Waals surface area contributed by atoms with Gasteiger partial charge < -0.3 is 15.0 Å². The van der Waals surface area contributed by atoms with Gasteiger partial charge in [-0.2, -0.15) is 5.10 Å². The molecule has 0 unspecified atom stereocenters. The van der Waals surface area contributed by atoms with Crippen LogP contribution < -0.4 is 15.5 Å². The number of H-pyrrole nitrogens is 1. The molecule has 7 nitrogen and oxygen atoms in total. The van der Waals surface area contributed by atoms with E-state index in [0.29, 0.717) is 27.7 Å². The summed E-state index contributed by atoms with van der Waals surface area (Å²) in [6.45, 7) is 5.36. The highest BCUT2D eigenvalue weighted by molar-refractivity contribution is 6.30. The van der Waals surface area contributed by atoms with E-state index in [4.69, 9.17) is 16.3 Å². The number of aryl methyl sites for hydroxylation is 1. The summed E-state index contributed by atoms with van der Waals surface area (Å²) in [4.78, 5) is 28.2. The fraction of sp³-hybridized carbons (Fsp3) is 0.148. The first-order chi connectivity index (χ1) is 16.8. The van der Waals surface area contributed by atoms with Crippen LogP contribution in [0.5, 0.6) is 5.75 Å². The van der Waals surface area contributed by atoms with E-state index in [0.717, 1.165) is 22.0 Å². The van der Waals surface area contributed by atoms with Crippen LogP contribution in [0.1, 0.15) is 35.3 Å². The number of carbonyl (C=O) groups is 2. The molecule has 2 amide bonds. The van der Waals surface area contributed by atoms with E-state index in [9.17, 15) is 9.59 Å². The molecule has 4 aromatic rings. The van der Waals surface area contributed by atoms with Crippen LogP contribution in [0.25, 0.3) is 10.9 Å². The third kappa shape index (κ3) is 5.70. The molecule has 0 bridgehead atoms. The second-order valence-electron chi connectivity index (χ2n) is 8.12. The average Bonchev–Trinajstić information content (AvgIpc) is 3.29. The fourth-order valence-corrected chi connectivity index (χ4v) is 3.77. The van der Waals surface area contributed by atoms with Crippen molar-refractivity contribution in [2.45, 2.75) is 26.9 Å². The van der Waals surface area contributed by atoms with Crippen molar-refractivity contribution < 1.29 is 14.3 Å². The number of ether oxygens (including phenoxy) is 1. The number of rotatable bonds is 7. The molecule has 1 aromatic heterocycles.